The number of hydrogen-bond acceptors (Lipinski definition) is 9. The first-order valence-corrected chi connectivity index (χ1v) is 14.4. The summed E-state index contributed by atoms with van der Waals surface area (Å²) in [5.74, 6) is 0.111. The number of benzene rings is 1. The molecule has 2 saturated heterocycles. The second-order valence-corrected chi connectivity index (χ2v) is 11.4. The number of amides is 1. The maximum Gasteiger partial charge on any atom is 0.296 e. The van der Waals surface area contributed by atoms with Gasteiger partial charge in [0.1, 0.15) is 17.7 Å². The number of anilines is 2. The van der Waals surface area contributed by atoms with Crippen LogP contribution in [0.2, 0.25) is 0 Å². The van der Waals surface area contributed by atoms with Crippen LogP contribution in [0.25, 0.3) is 16.9 Å². The summed E-state index contributed by atoms with van der Waals surface area (Å²) < 4.78 is 59.9. The molecule has 39 heavy (non-hydrogen) atoms. The van der Waals surface area contributed by atoms with E-state index in [-0.39, 0.29) is 43.9 Å². The van der Waals surface area contributed by atoms with E-state index in [1.165, 1.54) is 8.87 Å². The van der Waals surface area contributed by atoms with Crippen LogP contribution < -0.4 is 10.2 Å². The van der Waals surface area contributed by atoms with Gasteiger partial charge in [0.05, 0.1) is 30.5 Å². The first-order chi connectivity index (χ1) is 18.6. The second-order valence-electron chi connectivity index (χ2n) is 9.46. The number of morpholine rings is 1. The lowest BCUT2D eigenvalue weighted by Gasteiger charge is -2.34. The van der Waals surface area contributed by atoms with Gasteiger partial charge in [-0.25, -0.2) is 22.2 Å². The Kier molecular flexibility index (Phi) is 7.64. The summed E-state index contributed by atoms with van der Waals surface area (Å²) in [5, 5.41) is 3.03. The zero-order valence-corrected chi connectivity index (χ0v) is 22.4. The number of piperazine rings is 1. The molecule has 0 spiro atoms. The number of sulfonamides is 1. The number of aromatic nitrogens is 4. The zero-order valence-electron chi connectivity index (χ0n) is 21.6. The van der Waals surface area contributed by atoms with E-state index in [0.29, 0.717) is 43.2 Å². The van der Waals surface area contributed by atoms with Crippen molar-refractivity contribution in [2.24, 2.45) is 0 Å². The van der Waals surface area contributed by atoms with Crippen molar-refractivity contribution < 1.29 is 26.7 Å². The smallest absolute Gasteiger partial charge is 0.296 e. The maximum absolute atomic E-state index is 14.1. The highest BCUT2D eigenvalue weighted by atomic mass is 32.2. The third-order valence-electron chi connectivity index (χ3n) is 6.78. The minimum Gasteiger partial charge on any atom is -0.378 e. The van der Waals surface area contributed by atoms with Crippen LogP contribution in [0.1, 0.15) is 19.2 Å². The van der Waals surface area contributed by atoms with Crippen molar-refractivity contribution in [2.45, 2.75) is 19.4 Å². The van der Waals surface area contributed by atoms with Gasteiger partial charge in [-0.1, -0.05) is 12.1 Å². The number of alkyl halides is 2. The Balaban J connectivity index is 1.46. The normalized spacial score (nSPS) is 18.1. The number of halogens is 2. The Bertz CT molecular complexity index is 1450. The van der Waals surface area contributed by atoms with Gasteiger partial charge in [0.2, 0.25) is 21.9 Å². The molecule has 0 radical (unpaired) electrons. The molecule has 1 N–H and O–H groups in total. The molecule has 0 saturated carbocycles. The minimum absolute atomic E-state index is 0.0996. The van der Waals surface area contributed by atoms with Gasteiger partial charge in [-0.3, -0.25) is 9.36 Å². The number of imidazole rings is 1. The molecule has 15 heteroatoms. The molecular formula is C24H30F2N8O4S. The van der Waals surface area contributed by atoms with Gasteiger partial charge in [0.25, 0.3) is 6.43 Å². The third kappa shape index (κ3) is 5.79. The Hall–Kier alpha value is -3.43. The lowest BCUT2D eigenvalue weighted by Crippen LogP contribution is -2.53. The van der Waals surface area contributed by atoms with Crippen molar-refractivity contribution in [3.8, 4) is 5.82 Å². The highest BCUT2D eigenvalue weighted by Gasteiger charge is 2.29. The number of para-hydroxylation sites is 2. The van der Waals surface area contributed by atoms with Crippen LogP contribution in [0, 0.1) is 0 Å². The maximum atomic E-state index is 14.1. The van der Waals surface area contributed by atoms with Crippen molar-refractivity contribution in [3.63, 3.8) is 0 Å². The second kappa shape index (κ2) is 11.0. The Morgan fingerprint density at radius 2 is 1.67 bits per heavy atom. The number of nitrogens with zero attached hydrogens (tertiary/aromatic N) is 7. The van der Waals surface area contributed by atoms with Crippen LogP contribution in [0.15, 0.2) is 30.3 Å². The molecule has 3 aromatic rings. The fraction of sp³-hybridized carbons (Fsp3) is 0.500. The van der Waals surface area contributed by atoms with E-state index in [1.807, 2.05) is 4.90 Å². The van der Waals surface area contributed by atoms with Crippen molar-refractivity contribution in [1.29, 1.82) is 0 Å². The van der Waals surface area contributed by atoms with Crippen LogP contribution in [0.3, 0.4) is 0 Å². The predicted octanol–water partition coefficient (Wildman–Crippen LogP) is 1.49. The van der Waals surface area contributed by atoms with E-state index >= 15 is 0 Å². The van der Waals surface area contributed by atoms with Crippen molar-refractivity contribution in [1.82, 2.24) is 28.7 Å². The Morgan fingerprint density at radius 3 is 2.33 bits per heavy atom. The Morgan fingerprint density at radius 1 is 1.00 bits per heavy atom. The van der Waals surface area contributed by atoms with E-state index in [4.69, 9.17) is 4.74 Å². The number of carbonyl (C=O) groups excluding carboxylic acids is 1. The molecule has 210 valence electrons. The van der Waals surface area contributed by atoms with Gasteiger partial charge in [0.15, 0.2) is 5.82 Å². The van der Waals surface area contributed by atoms with Crippen LogP contribution in [0.4, 0.5) is 20.5 Å². The molecule has 12 nitrogen and oxygen atoms in total. The molecule has 2 aliphatic heterocycles. The average Bonchev–Trinajstić information content (AvgIpc) is 3.33. The van der Waals surface area contributed by atoms with Gasteiger partial charge < -0.3 is 19.9 Å². The lowest BCUT2D eigenvalue weighted by molar-refractivity contribution is -0.132. The number of carbonyl (C=O) groups is 1. The third-order valence-corrected chi connectivity index (χ3v) is 8.08. The molecule has 1 atom stereocenters. The molecule has 0 unspecified atom stereocenters. The van der Waals surface area contributed by atoms with Gasteiger partial charge in [-0.15, -0.1) is 0 Å². The number of nitrogens with one attached hydrogen (secondary N) is 1. The molecule has 2 fully saturated rings. The van der Waals surface area contributed by atoms with E-state index < -0.39 is 28.3 Å². The summed E-state index contributed by atoms with van der Waals surface area (Å²) in [7, 11) is -3.33. The largest absolute Gasteiger partial charge is 0.378 e. The van der Waals surface area contributed by atoms with Crippen molar-refractivity contribution >= 4 is 38.7 Å². The number of hydrogen-bond donors (Lipinski definition) is 1. The summed E-state index contributed by atoms with van der Waals surface area (Å²) >= 11 is 0. The van der Waals surface area contributed by atoms with Gasteiger partial charge in [-0.2, -0.15) is 14.3 Å². The molecule has 1 amide bonds. The first-order valence-electron chi connectivity index (χ1n) is 12.6. The zero-order chi connectivity index (χ0) is 27.7. The van der Waals surface area contributed by atoms with Crippen molar-refractivity contribution in [2.75, 3.05) is 69.0 Å². The van der Waals surface area contributed by atoms with Crippen LogP contribution in [-0.2, 0) is 19.6 Å². The molecule has 5 rings (SSSR count). The van der Waals surface area contributed by atoms with E-state index in [1.54, 1.807) is 42.2 Å². The minimum atomic E-state index is -3.33. The lowest BCUT2D eigenvalue weighted by atomic mass is 10.2. The topological polar surface area (TPSA) is 126 Å². The summed E-state index contributed by atoms with van der Waals surface area (Å²) in [5.41, 5.74) is 0.879. The number of fused-ring (bicyclic) bond motifs is 1. The van der Waals surface area contributed by atoms with E-state index in [0.717, 1.165) is 6.26 Å². The summed E-state index contributed by atoms with van der Waals surface area (Å²) in [6.45, 7) is 4.71. The average molecular weight is 565 g/mol. The van der Waals surface area contributed by atoms with E-state index in [2.05, 4.69) is 20.3 Å². The molecular weight excluding hydrogens is 534 g/mol. The van der Waals surface area contributed by atoms with Gasteiger partial charge in [0, 0.05) is 45.3 Å². The molecule has 4 heterocycles. The van der Waals surface area contributed by atoms with Crippen LogP contribution >= 0.6 is 0 Å². The van der Waals surface area contributed by atoms with Crippen LogP contribution in [-0.4, -0.2) is 108 Å². The number of ether oxygens (including phenoxy) is 1. The monoisotopic (exact) mass is 564 g/mol. The SMILES string of the molecule is C[C@H](Nc1nc(N2CCOCC2)cc(-n2c(C(F)F)nc3ccccc32)n1)C(=O)N1CCN(S(C)(=O)=O)CC1. The summed E-state index contributed by atoms with van der Waals surface area (Å²) in [6, 6.07) is 7.70. The summed E-state index contributed by atoms with van der Waals surface area (Å²) in [6.07, 6.45) is -1.70. The summed E-state index contributed by atoms with van der Waals surface area (Å²) in [4.78, 5) is 30.0. The highest BCUT2D eigenvalue weighted by Crippen LogP contribution is 2.29. The number of rotatable bonds is 7. The van der Waals surface area contributed by atoms with Gasteiger partial charge >= 0.3 is 0 Å². The predicted molar refractivity (Wildman–Crippen MR) is 141 cm³/mol. The first kappa shape index (κ1) is 27.1. The molecule has 0 aliphatic carbocycles. The van der Waals surface area contributed by atoms with E-state index in [9.17, 15) is 22.0 Å². The van der Waals surface area contributed by atoms with Crippen LogP contribution in [0.5, 0.6) is 0 Å². The molecule has 0 bridgehead atoms. The quantitative estimate of drug-likeness (QED) is 0.454. The molecule has 2 aromatic heterocycles. The van der Waals surface area contributed by atoms with Crippen molar-refractivity contribution in [3.05, 3.63) is 36.2 Å². The molecule has 1 aromatic carbocycles. The van der Waals surface area contributed by atoms with Gasteiger partial charge in [-0.05, 0) is 19.1 Å². The standard InChI is InChI=1S/C24H30F2N8O4S/c1-16(23(35)32-7-9-33(10-8-32)39(2,36)37)27-24-29-19(31-11-13-38-14-12-31)15-20(30-24)34-18-6-4-3-5-17(18)28-22(34)21(25)26/h3-6,15-16,21H,7-14H2,1-2H3,(H,27,29,30)/t16-/m0/s1. The fourth-order valence-electron chi connectivity index (χ4n) is 4.76. The highest BCUT2D eigenvalue weighted by molar-refractivity contribution is 7.88. The molecule has 2 aliphatic rings. The Labute approximate surface area is 224 Å². The fourth-order valence-corrected chi connectivity index (χ4v) is 5.58.